The van der Waals surface area contributed by atoms with Crippen LogP contribution in [0.25, 0.3) is 0 Å². The monoisotopic (exact) mass is 219 g/mol. The molecule has 1 aromatic rings. The molecule has 2 atom stereocenters. The van der Waals surface area contributed by atoms with Crippen LogP contribution >= 0.6 is 0 Å². The lowest BCUT2D eigenvalue weighted by Gasteiger charge is -2.26. The van der Waals surface area contributed by atoms with E-state index >= 15 is 0 Å². The lowest BCUT2D eigenvalue weighted by atomic mass is 10.1. The molecule has 2 bridgehead atoms. The van der Waals surface area contributed by atoms with Crippen LogP contribution in [0.3, 0.4) is 0 Å². The van der Waals surface area contributed by atoms with Gasteiger partial charge in [-0.05, 0) is 17.9 Å². The van der Waals surface area contributed by atoms with Crippen molar-refractivity contribution in [3.63, 3.8) is 0 Å². The molecule has 2 aliphatic rings. The maximum atomic E-state index is 5.57. The molecule has 0 aromatic carbocycles. The van der Waals surface area contributed by atoms with E-state index < -0.39 is 0 Å². The van der Waals surface area contributed by atoms with E-state index in [0.29, 0.717) is 18.1 Å². The van der Waals surface area contributed by atoms with Crippen LogP contribution < -0.4 is 4.90 Å². The van der Waals surface area contributed by atoms with Gasteiger partial charge in [0.1, 0.15) is 0 Å². The minimum atomic E-state index is 0.401. The van der Waals surface area contributed by atoms with Gasteiger partial charge < -0.3 is 9.64 Å². The normalized spacial score (nSPS) is 28.1. The van der Waals surface area contributed by atoms with Crippen molar-refractivity contribution in [3.8, 4) is 0 Å². The number of anilines is 1. The van der Waals surface area contributed by atoms with E-state index in [1.165, 1.54) is 5.56 Å². The topological polar surface area (TPSA) is 38.2 Å². The minimum absolute atomic E-state index is 0.401. The number of fused-ring (bicyclic) bond motifs is 2. The Morgan fingerprint density at radius 1 is 1.38 bits per heavy atom. The van der Waals surface area contributed by atoms with E-state index in [4.69, 9.17) is 4.74 Å². The number of hydrogen-bond acceptors (Lipinski definition) is 4. The van der Waals surface area contributed by atoms with Gasteiger partial charge in [0.15, 0.2) is 0 Å². The predicted molar refractivity (Wildman–Crippen MR) is 61.6 cm³/mol. The highest BCUT2D eigenvalue weighted by molar-refractivity contribution is 5.36. The Labute approximate surface area is 95.7 Å². The quantitative estimate of drug-likeness (QED) is 0.757. The lowest BCUT2D eigenvalue weighted by molar-refractivity contribution is 0.0986. The Morgan fingerprint density at radius 3 is 2.62 bits per heavy atom. The fraction of sp³-hybridized carbons (Fsp3) is 0.667. The van der Waals surface area contributed by atoms with Crippen LogP contribution in [0.2, 0.25) is 0 Å². The fourth-order valence-corrected chi connectivity index (χ4v) is 2.42. The van der Waals surface area contributed by atoms with Gasteiger partial charge in [-0.25, -0.2) is 9.97 Å². The molecule has 2 fully saturated rings. The summed E-state index contributed by atoms with van der Waals surface area (Å²) in [5, 5.41) is 0. The maximum Gasteiger partial charge on any atom is 0.225 e. The summed E-state index contributed by atoms with van der Waals surface area (Å²) in [6, 6.07) is 0.495. The van der Waals surface area contributed by atoms with Crippen molar-refractivity contribution in [2.24, 2.45) is 0 Å². The molecule has 0 radical (unpaired) electrons. The van der Waals surface area contributed by atoms with Crippen LogP contribution in [0.15, 0.2) is 12.4 Å². The van der Waals surface area contributed by atoms with E-state index in [1.54, 1.807) is 0 Å². The minimum Gasteiger partial charge on any atom is -0.374 e. The zero-order valence-electron chi connectivity index (χ0n) is 9.76. The SMILES string of the molecule is CC(C)c1cnc(N2C[C@@H]3C[C@H]2CO3)nc1. The molecule has 0 unspecified atom stereocenters. The first-order valence-electron chi connectivity index (χ1n) is 5.94. The molecule has 0 spiro atoms. The van der Waals surface area contributed by atoms with Crippen molar-refractivity contribution in [3.05, 3.63) is 18.0 Å². The van der Waals surface area contributed by atoms with Crippen molar-refractivity contribution in [1.29, 1.82) is 0 Å². The lowest BCUT2D eigenvalue weighted by Crippen LogP contribution is -2.38. The zero-order valence-corrected chi connectivity index (χ0v) is 9.76. The molecule has 4 heteroatoms. The Morgan fingerprint density at radius 2 is 2.12 bits per heavy atom. The maximum absolute atomic E-state index is 5.57. The average molecular weight is 219 g/mol. The number of aromatic nitrogens is 2. The summed E-state index contributed by atoms with van der Waals surface area (Å²) in [7, 11) is 0. The second-order valence-electron chi connectivity index (χ2n) is 4.97. The Kier molecular flexibility index (Phi) is 2.32. The van der Waals surface area contributed by atoms with Gasteiger partial charge in [-0.2, -0.15) is 0 Å². The van der Waals surface area contributed by atoms with Gasteiger partial charge in [0.25, 0.3) is 0 Å². The summed E-state index contributed by atoms with van der Waals surface area (Å²) >= 11 is 0. The summed E-state index contributed by atoms with van der Waals surface area (Å²) in [6.45, 7) is 6.10. The molecule has 2 aliphatic heterocycles. The van der Waals surface area contributed by atoms with Crippen LogP contribution in [0.1, 0.15) is 31.7 Å². The summed E-state index contributed by atoms with van der Waals surface area (Å²) in [5.74, 6) is 1.35. The van der Waals surface area contributed by atoms with Crippen molar-refractivity contribution in [1.82, 2.24) is 9.97 Å². The number of hydrogen-bond donors (Lipinski definition) is 0. The zero-order chi connectivity index (χ0) is 11.1. The van der Waals surface area contributed by atoms with E-state index in [1.807, 2.05) is 12.4 Å². The van der Waals surface area contributed by atoms with Crippen LogP contribution in [-0.4, -0.2) is 35.3 Å². The first-order valence-corrected chi connectivity index (χ1v) is 5.94. The van der Waals surface area contributed by atoms with Crippen LogP contribution in [0.5, 0.6) is 0 Å². The molecule has 0 aliphatic carbocycles. The fourth-order valence-electron chi connectivity index (χ4n) is 2.42. The third-order valence-electron chi connectivity index (χ3n) is 3.48. The van der Waals surface area contributed by atoms with Crippen LogP contribution in [0, 0.1) is 0 Å². The smallest absolute Gasteiger partial charge is 0.225 e. The molecule has 3 heterocycles. The Bertz CT molecular complexity index is 376. The third kappa shape index (κ3) is 1.57. The second kappa shape index (κ2) is 3.70. The van der Waals surface area contributed by atoms with Crippen molar-refractivity contribution in [2.75, 3.05) is 18.1 Å². The highest BCUT2D eigenvalue weighted by Gasteiger charge is 2.40. The van der Waals surface area contributed by atoms with Crippen LogP contribution in [0.4, 0.5) is 5.95 Å². The molecule has 1 aromatic heterocycles. The highest BCUT2D eigenvalue weighted by atomic mass is 16.5. The van der Waals surface area contributed by atoms with E-state index in [-0.39, 0.29) is 0 Å². The van der Waals surface area contributed by atoms with E-state index in [0.717, 1.165) is 25.5 Å². The molecule has 0 amide bonds. The largest absolute Gasteiger partial charge is 0.374 e. The van der Waals surface area contributed by atoms with Gasteiger partial charge in [0.05, 0.1) is 18.8 Å². The molecule has 4 nitrogen and oxygen atoms in total. The van der Waals surface area contributed by atoms with Gasteiger partial charge in [-0.15, -0.1) is 0 Å². The molecule has 0 saturated carbocycles. The molecule has 16 heavy (non-hydrogen) atoms. The highest BCUT2D eigenvalue weighted by Crippen LogP contribution is 2.30. The number of rotatable bonds is 2. The molecular formula is C12H17N3O. The average Bonchev–Trinajstić information content (AvgIpc) is 2.91. The Balaban J connectivity index is 1.80. The molecule has 3 rings (SSSR count). The molecule has 86 valence electrons. The van der Waals surface area contributed by atoms with Gasteiger partial charge in [-0.1, -0.05) is 13.8 Å². The third-order valence-corrected chi connectivity index (χ3v) is 3.48. The first-order chi connectivity index (χ1) is 7.74. The van der Waals surface area contributed by atoms with Gasteiger partial charge in [0.2, 0.25) is 5.95 Å². The molecular weight excluding hydrogens is 202 g/mol. The van der Waals surface area contributed by atoms with Crippen molar-refractivity contribution in [2.45, 2.75) is 38.3 Å². The predicted octanol–water partition coefficient (Wildman–Crippen LogP) is 1.58. The molecule has 2 saturated heterocycles. The van der Waals surface area contributed by atoms with Gasteiger partial charge in [-0.3, -0.25) is 0 Å². The number of nitrogens with zero attached hydrogens (tertiary/aromatic N) is 3. The summed E-state index contributed by atoms with van der Waals surface area (Å²) in [5.41, 5.74) is 1.20. The van der Waals surface area contributed by atoms with Gasteiger partial charge >= 0.3 is 0 Å². The van der Waals surface area contributed by atoms with Crippen molar-refractivity contribution < 1.29 is 4.74 Å². The van der Waals surface area contributed by atoms with Crippen molar-refractivity contribution >= 4 is 5.95 Å². The summed E-state index contributed by atoms with van der Waals surface area (Å²) in [6.07, 6.45) is 5.42. The number of ether oxygens (including phenoxy) is 1. The first kappa shape index (κ1) is 10.0. The summed E-state index contributed by atoms with van der Waals surface area (Å²) in [4.78, 5) is 11.2. The standard InChI is InChI=1S/C12H17N3O/c1-8(2)9-4-13-12(14-5-9)15-6-11-3-10(15)7-16-11/h4-5,8,10-11H,3,6-7H2,1-2H3/t10-,11-/m0/s1. The van der Waals surface area contributed by atoms with E-state index in [9.17, 15) is 0 Å². The van der Waals surface area contributed by atoms with Crippen LogP contribution in [-0.2, 0) is 4.74 Å². The molecule has 0 N–H and O–H groups in total. The van der Waals surface area contributed by atoms with E-state index in [2.05, 4.69) is 28.7 Å². The summed E-state index contributed by atoms with van der Waals surface area (Å²) < 4.78 is 5.57. The van der Waals surface area contributed by atoms with Gasteiger partial charge in [0, 0.05) is 18.9 Å². The Hall–Kier alpha value is -1.16. The second-order valence-corrected chi connectivity index (χ2v) is 4.97. The number of morpholine rings is 1.